The summed E-state index contributed by atoms with van der Waals surface area (Å²) < 4.78 is 0. The van der Waals surface area contributed by atoms with Crippen LogP contribution in [0.3, 0.4) is 0 Å². The van der Waals surface area contributed by atoms with Gasteiger partial charge in [0.05, 0.1) is 5.69 Å². The number of rotatable bonds is 5. The summed E-state index contributed by atoms with van der Waals surface area (Å²) in [5.74, 6) is -0.000833. The number of nitrogens with zero attached hydrogens (tertiary/aromatic N) is 2. The van der Waals surface area contributed by atoms with Crippen molar-refractivity contribution in [1.29, 1.82) is 0 Å². The van der Waals surface area contributed by atoms with Gasteiger partial charge in [0, 0.05) is 11.1 Å². The van der Waals surface area contributed by atoms with Crippen molar-refractivity contribution < 1.29 is 9.83 Å². The molecule has 28 heavy (non-hydrogen) atoms. The molecule has 142 valence electrons. The fourth-order valence-corrected chi connectivity index (χ4v) is 2.12. The molecule has 0 saturated heterocycles. The molecule has 0 spiro atoms. The number of hydrogen-bond donors (Lipinski definition) is 3. The second-order valence-electron chi connectivity index (χ2n) is 5.39. The van der Waals surface area contributed by atoms with Gasteiger partial charge in [0.2, 0.25) is 5.96 Å². The van der Waals surface area contributed by atoms with E-state index in [4.69, 9.17) is 5.73 Å². The summed E-state index contributed by atoms with van der Waals surface area (Å²) in [6, 6.07) is 27.5. The lowest BCUT2D eigenvalue weighted by Gasteiger charge is -2.00. The molecule has 0 aliphatic carbocycles. The first-order chi connectivity index (χ1) is 13.6. The van der Waals surface area contributed by atoms with Crippen molar-refractivity contribution in [1.82, 2.24) is 11.0 Å². The maximum Gasteiger partial charge on any atom is 0.217 e. The lowest BCUT2D eigenvalue weighted by atomic mass is 10.0. The Kier molecular flexibility index (Phi) is 7.70. The Labute approximate surface area is 161 Å². The normalized spacial score (nSPS) is 10.2. The van der Waals surface area contributed by atoms with E-state index >= 15 is 0 Å². The van der Waals surface area contributed by atoms with Crippen LogP contribution in [0.15, 0.2) is 96.0 Å². The molecule has 0 unspecified atom stereocenters. The summed E-state index contributed by atoms with van der Waals surface area (Å²) in [5, 5.41) is 9.11. The zero-order valence-electron chi connectivity index (χ0n) is 14.9. The van der Waals surface area contributed by atoms with Gasteiger partial charge in [0.15, 0.2) is 10.8 Å². The number of hydrogen-bond acceptors (Lipinski definition) is 4. The zero-order chi connectivity index (χ0) is 20.2. The molecular formula is C20H19N5O3. The highest BCUT2D eigenvalue weighted by atomic mass is 16.7. The number of para-hydroxylation sites is 1. The Morgan fingerprint density at radius 3 is 1.68 bits per heavy atom. The number of nitro groups is 1. The van der Waals surface area contributed by atoms with Crippen LogP contribution in [-0.2, 0) is 0 Å². The van der Waals surface area contributed by atoms with Gasteiger partial charge in [-0.2, -0.15) is 0 Å². The third kappa shape index (κ3) is 6.96. The number of carbonyl (C=O) groups excluding carboxylic acids is 1. The molecule has 4 N–H and O–H groups in total. The molecule has 0 bridgehead atoms. The van der Waals surface area contributed by atoms with E-state index in [1.165, 1.54) is 0 Å². The van der Waals surface area contributed by atoms with Gasteiger partial charge < -0.3 is 5.73 Å². The predicted molar refractivity (Wildman–Crippen MR) is 107 cm³/mol. The average Bonchev–Trinajstić information content (AvgIpc) is 2.74. The third-order valence-electron chi connectivity index (χ3n) is 3.35. The fourth-order valence-electron chi connectivity index (χ4n) is 2.12. The molecule has 0 heterocycles. The van der Waals surface area contributed by atoms with E-state index in [1.54, 1.807) is 29.8 Å². The number of carbonyl (C=O) groups is 1. The number of hydrazine groups is 2. The topological polar surface area (TPSA) is 123 Å². The Balaban J connectivity index is 0.000000200. The molecule has 0 aliphatic rings. The van der Waals surface area contributed by atoms with E-state index in [0.29, 0.717) is 5.69 Å². The lowest BCUT2D eigenvalue weighted by Crippen LogP contribution is -2.45. The van der Waals surface area contributed by atoms with Crippen LogP contribution in [0.25, 0.3) is 0 Å². The maximum atomic E-state index is 11.8. The van der Waals surface area contributed by atoms with Crippen LogP contribution in [0.1, 0.15) is 15.9 Å². The van der Waals surface area contributed by atoms with Gasteiger partial charge in [-0.3, -0.25) is 4.79 Å². The second kappa shape index (κ2) is 10.7. The van der Waals surface area contributed by atoms with Crippen molar-refractivity contribution in [3.8, 4) is 0 Å². The van der Waals surface area contributed by atoms with Gasteiger partial charge in [0.25, 0.3) is 0 Å². The van der Waals surface area contributed by atoms with Gasteiger partial charge in [-0.25, -0.2) is 20.5 Å². The van der Waals surface area contributed by atoms with Crippen molar-refractivity contribution in [3.63, 3.8) is 0 Å². The van der Waals surface area contributed by atoms with Crippen LogP contribution in [0, 0.1) is 10.1 Å². The third-order valence-corrected chi connectivity index (χ3v) is 3.35. The van der Waals surface area contributed by atoms with Gasteiger partial charge in [0.1, 0.15) is 0 Å². The summed E-state index contributed by atoms with van der Waals surface area (Å²) >= 11 is 0. The van der Waals surface area contributed by atoms with E-state index in [-0.39, 0.29) is 11.7 Å². The first kappa shape index (κ1) is 20.1. The van der Waals surface area contributed by atoms with Crippen molar-refractivity contribution in [2.24, 2.45) is 10.7 Å². The quantitative estimate of drug-likeness (QED) is 0.207. The SMILES string of the molecule is NC(=Nc1ccccc1)NN[N+](=O)[O-].O=C(c1ccccc1)c1ccccc1. The van der Waals surface area contributed by atoms with Crippen molar-refractivity contribution in [2.75, 3.05) is 0 Å². The molecular weight excluding hydrogens is 358 g/mol. The first-order valence-corrected chi connectivity index (χ1v) is 8.26. The molecule has 0 fully saturated rings. The highest BCUT2D eigenvalue weighted by molar-refractivity contribution is 6.08. The minimum Gasteiger partial charge on any atom is -0.368 e. The van der Waals surface area contributed by atoms with E-state index in [0.717, 1.165) is 11.1 Å². The van der Waals surface area contributed by atoms with Gasteiger partial charge in [-0.1, -0.05) is 78.9 Å². The first-order valence-electron chi connectivity index (χ1n) is 8.26. The minimum atomic E-state index is -0.770. The van der Waals surface area contributed by atoms with Crippen molar-refractivity contribution in [3.05, 3.63) is 112 Å². The summed E-state index contributed by atoms with van der Waals surface area (Å²) in [5.41, 5.74) is 11.2. The minimum absolute atomic E-state index is 0.0752. The molecule has 3 aromatic carbocycles. The van der Waals surface area contributed by atoms with Crippen LogP contribution in [0.2, 0.25) is 0 Å². The van der Waals surface area contributed by atoms with Crippen LogP contribution in [-0.4, -0.2) is 16.8 Å². The number of aliphatic imine (C=N–C) groups is 1. The second-order valence-corrected chi connectivity index (χ2v) is 5.39. The smallest absolute Gasteiger partial charge is 0.217 e. The molecule has 0 atom stereocenters. The van der Waals surface area contributed by atoms with Crippen LogP contribution < -0.4 is 16.7 Å². The molecule has 8 heteroatoms. The highest BCUT2D eigenvalue weighted by Gasteiger charge is 2.06. The largest absolute Gasteiger partial charge is 0.368 e. The number of nitrogens with one attached hydrogen (secondary N) is 2. The highest BCUT2D eigenvalue weighted by Crippen LogP contribution is 2.09. The molecule has 3 aromatic rings. The molecule has 0 amide bonds. The molecule has 0 aliphatic heterocycles. The van der Waals surface area contributed by atoms with Crippen LogP contribution >= 0.6 is 0 Å². The van der Waals surface area contributed by atoms with Gasteiger partial charge in [-0.15, -0.1) is 0 Å². The van der Waals surface area contributed by atoms with Crippen LogP contribution in [0.4, 0.5) is 5.69 Å². The number of benzene rings is 3. The summed E-state index contributed by atoms with van der Waals surface area (Å²) in [4.78, 5) is 25.6. The zero-order valence-corrected chi connectivity index (χ0v) is 14.9. The van der Waals surface area contributed by atoms with E-state index in [1.807, 2.05) is 66.7 Å². The number of guanidine groups is 1. The molecule has 0 saturated carbocycles. The Morgan fingerprint density at radius 1 is 0.821 bits per heavy atom. The molecule has 0 radical (unpaired) electrons. The number of nitrogens with two attached hydrogens (primary N) is 1. The van der Waals surface area contributed by atoms with Gasteiger partial charge in [-0.05, 0) is 17.7 Å². The maximum absolute atomic E-state index is 11.8. The molecule has 8 nitrogen and oxygen atoms in total. The van der Waals surface area contributed by atoms with Gasteiger partial charge >= 0.3 is 0 Å². The Morgan fingerprint density at radius 2 is 1.25 bits per heavy atom. The Hall–Kier alpha value is -4.20. The van der Waals surface area contributed by atoms with Crippen molar-refractivity contribution >= 4 is 17.4 Å². The number of ketones is 1. The van der Waals surface area contributed by atoms with E-state index in [2.05, 4.69) is 10.4 Å². The predicted octanol–water partition coefficient (Wildman–Crippen LogP) is 2.84. The standard InChI is InChI=1S/C13H10O.C7H9N5O2/c14-13(11-7-3-1-4-8-11)12-9-5-2-6-10-12;8-7(10-11-12(13)14)9-6-4-2-1-3-5-6/h1-10H;1-5,11H,(H3,8,9,10). The molecule has 3 rings (SSSR count). The average molecular weight is 377 g/mol. The summed E-state index contributed by atoms with van der Waals surface area (Å²) in [6.07, 6.45) is 0. The lowest BCUT2D eigenvalue weighted by molar-refractivity contribution is -0.551. The molecule has 0 aromatic heterocycles. The van der Waals surface area contributed by atoms with Crippen molar-refractivity contribution in [2.45, 2.75) is 0 Å². The van der Waals surface area contributed by atoms with Crippen LogP contribution in [0.5, 0.6) is 0 Å². The monoisotopic (exact) mass is 377 g/mol. The van der Waals surface area contributed by atoms with E-state index < -0.39 is 5.03 Å². The Bertz CT molecular complexity index is 875. The summed E-state index contributed by atoms with van der Waals surface area (Å²) in [7, 11) is 0. The fraction of sp³-hybridized carbons (Fsp3) is 0. The van der Waals surface area contributed by atoms with E-state index in [9.17, 15) is 14.9 Å². The summed E-state index contributed by atoms with van der Waals surface area (Å²) in [6.45, 7) is 0.